The van der Waals surface area contributed by atoms with Gasteiger partial charge >= 0.3 is 6.09 Å². The number of hydrogen-bond acceptors (Lipinski definition) is 3. The highest BCUT2D eigenvalue weighted by Crippen LogP contribution is 2.19. The molecule has 0 radical (unpaired) electrons. The SMILES string of the molecule is CCN(Cc1ccc(Cl)c(CO)c1)C(=O)OC(C)(C)C. The van der Waals surface area contributed by atoms with E-state index in [0.717, 1.165) is 5.56 Å². The van der Waals surface area contributed by atoms with Crippen LogP contribution < -0.4 is 0 Å². The van der Waals surface area contributed by atoms with Gasteiger partial charge in [0.2, 0.25) is 0 Å². The van der Waals surface area contributed by atoms with E-state index in [0.29, 0.717) is 23.7 Å². The zero-order valence-corrected chi connectivity index (χ0v) is 13.2. The molecule has 1 rings (SSSR count). The molecule has 112 valence electrons. The summed E-state index contributed by atoms with van der Waals surface area (Å²) in [6, 6.07) is 5.37. The lowest BCUT2D eigenvalue weighted by atomic mass is 10.1. The van der Waals surface area contributed by atoms with Gasteiger partial charge < -0.3 is 14.7 Å². The van der Waals surface area contributed by atoms with Gasteiger partial charge in [-0.25, -0.2) is 4.79 Å². The minimum absolute atomic E-state index is 0.120. The molecular weight excluding hydrogens is 278 g/mol. The van der Waals surface area contributed by atoms with E-state index in [1.807, 2.05) is 33.8 Å². The van der Waals surface area contributed by atoms with Gasteiger partial charge in [-0.3, -0.25) is 0 Å². The number of ether oxygens (including phenoxy) is 1. The van der Waals surface area contributed by atoms with E-state index in [9.17, 15) is 9.90 Å². The molecule has 0 heterocycles. The van der Waals surface area contributed by atoms with E-state index < -0.39 is 5.60 Å². The molecule has 0 unspecified atom stereocenters. The first-order valence-electron chi connectivity index (χ1n) is 6.63. The van der Waals surface area contributed by atoms with Gasteiger partial charge in [0.15, 0.2) is 0 Å². The number of carbonyl (C=O) groups excluding carboxylic acids is 1. The molecular formula is C15H22ClNO3. The fraction of sp³-hybridized carbons (Fsp3) is 0.533. The Morgan fingerprint density at radius 1 is 1.40 bits per heavy atom. The van der Waals surface area contributed by atoms with Crippen molar-refractivity contribution in [1.82, 2.24) is 4.90 Å². The molecule has 0 aliphatic carbocycles. The summed E-state index contributed by atoms with van der Waals surface area (Å²) in [7, 11) is 0. The third-order valence-electron chi connectivity index (χ3n) is 2.69. The van der Waals surface area contributed by atoms with Crippen molar-refractivity contribution in [2.75, 3.05) is 6.54 Å². The van der Waals surface area contributed by atoms with Crippen molar-refractivity contribution >= 4 is 17.7 Å². The second-order valence-electron chi connectivity index (χ2n) is 5.58. The van der Waals surface area contributed by atoms with Gasteiger partial charge in [0, 0.05) is 18.1 Å². The number of nitrogens with zero attached hydrogens (tertiary/aromatic N) is 1. The number of carbonyl (C=O) groups is 1. The third-order valence-corrected chi connectivity index (χ3v) is 3.06. The van der Waals surface area contributed by atoms with Gasteiger partial charge in [-0.15, -0.1) is 0 Å². The number of aliphatic hydroxyl groups excluding tert-OH is 1. The summed E-state index contributed by atoms with van der Waals surface area (Å²) in [4.78, 5) is 13.7. The van der Waals surface area contributed by atoms with Gasteiger partial charge in [-0.1, -0.05) is 23.7 Å². The summed E-state index contributed by atoms with van der Waals surface area (Å²) in [5.41, 5.74) is 1.05. The Hall–Kier alpha value is -1.26. The van der Waals surface area contributed by atoms with Crippen LogP contribution in [0.15, 0.2) is 18.2 Å². The maximum atomic E-state index is 12.0. The first-order valence-corrected chi connectivity index (χ1v) is 7.00. The number of halogens is 1. The summed E-state index contributed by atoms with van der Waals surface area (Å²) >= 11 is 5.95. The van der Waals surface area contributed by atoms with Crippen LogP contribution in [0.25, 0.3) is 0 Å². The number of rotatable bonds is 4. The second-order valence-corrected chi connectivity index (χ2v) is 5.99. The van der Waals surface area contributed by atoms with Gasteiger partial charge in [0.1, 0.15) is 5.60 Å². The number of hydrogen-bond donors (Lipinski definition) is 1. The predicted octanol–water partition coefficient (Wildman–Crippen LogP) is 3.59. The zero-order chi connectivity index (χ0) is 15.3. The molecule has 1 aromatic carbocycles. The van der Waals surface area contributed by atoms with E-state index in [1.165, 1.54) is 0 Å². The Morgan fingerprint density at radius 2 is 2.05 bits per heavy atom. The van der Waals surface area contributed by atoms with Crippen LogP contribution in [-0.2, 0) is 17.9 Å². The summed E-state index contributed by atoms with van der Waals surface area (Å²) in [6.45, 7) is 8.26. The Bertz CT molecular complexity index is 469. The van der Waals surface area contributed by atoms with E-state index in [4.69, 9.17) is 16.3 Å². The molecule has 4 nitrogen and oxygen atoms in total. The first kappa shape index (κ1) is 16.8. The number of benzene rings is 1. The van der Waals surface area contributed by atoms with Crippen molar-refractivity contribution in [1.29, 1.82) is 0 Å². The molecule has 0 saturated carbocycles. The lowest BCUT2D eigenvalue weighted by Crippen LogP contribution is -2.36. The molecule has 0 atom stereocenters. The summed E-state index contributed by atoms with van der Waals surface area (Å²) in [5, 5.41) is 9.73. The standard InChI is InChI=1S/C15H22ClNO3/c1-5-17(14(19)20-15(2,3)4)9-11-6-7-13(16)12(8-11)10-18/h6-8,18H,5,9-10H2,1-4H3. The van der Waals surface area contributed by atoms with Crippen LogP contribution in [-0.4, -0.2) is 28.2 Å². The van der Waals surface area contributed by atoms with Crippen LogP contribution >= 0.6 is 11.6 Å². The highest BCUT2D eigenvalue weighted by atomic mass is 35.5. The van der Waals surface area contributed by atoms with Gasteiger partial charge in [-0.05, 0) is 44.9 Å². The average Bonchev–Trinajstić information content (AvgIpc) is 2.35. The maximum Gasteiger partial charge on any atom is 0.410 e. The van der Waals surface area contributed by atoms with Crippen LogP contribution in [0, 0.1) is 0 Å². The normalized spacial score (nSPS) is 11.3. The van der Waals surface area contributed by atoms with Crippen LogP contribution in [0.5, 0.6) is 0 Å². The zero-order valence-electron chi connectivity index (χ0n) is 12.4. The largest absolute Gasteiger partial charge is 0.444 e. The van der Waals surface area contributed by atoms with Crippen molar-refractivity contribution in [3.05, 3.63) is 34.3 Å². The van der Waals surface area contributed by atoms with Gasteiger partial charge in [-0.2, -0.15) is 0 Å². The molecule has 1 amide bonds. The minimum atomic E-state index is -0.513. The highest BCUT2D eigenvalue weighted by molar-refractivity contribution is 6.31. The van der Waals surface area contributed by atoms with E-state index >= 15 is 0 Å². The molecule has 0 aliphatic rings. The number of amides is 1. The van der Waals surface area contributed by atoms with Crippen molar-refractivity contribution in [2.45, 2.75) is 46.4 Å². The first-order chi connectivity index (χ1) is 9.26. The summed E-state index contributed by atoms with van der Waals surface area (Å²) < 4.78 is 5.35. The van der Waals surface area contributed by atoms with Crippen molar-refractivity contribution in [3.63, 3.8) is 0 Å². The second kappa shape index (κ2) is 6.95. The van der Waals surface area contributed by atoms with E-state index in [2.05, 4.69) is 0 Å². The fourth-order valence-electron chi connectivity index (χ4n) is 1.70. The Kier molecular flexibility index (Phi) is 5.84. The highest BCUT2D eigenvalue weighted by Gasteiger charge is 2.21. The van der Waals surface area contributed by atoms with Crippen molar-refractivity contribution < 1.29 is 14.6 Å². The Morgan fingerprint density at radius 3 is 2.55 bits per heavy atom. The van der Waals surface area contributed by atoms with Crippen molar-refractivity contribution in [3.8, 4) is 0 Å². The van der Waals surface area contributed by atoms with Crippen LogP contribution in [0.3, 0.4) is 0 Å². The molecule has 20 heavy (non-hydrogen) atoms. The van der Waals surface area contributed by atoms with Gasteiger partial charge in [0.25, 0.3) is 0 Å². The topological polar surface area (TPSA) is 49.8 Å². The monoisotopic (exact) mass is 299 g/mol. The summed E-state index contributed by atoms with van der Waals surface area (Å²) in [6.07, 6.45) is -0.347. The molecule has 5 heteroatoms. The minimum Gasteiger partial charge on any atom is -0.444 e. The third kappa shape index (κ3) is 5.02. The molecule has 1 N–H and O–H groups in total. The average molecular weight is 300 g/mol. The molecule has 0 aromatic heterocycles. The predicted molar refractivity (Wildman–Crippen MR) is 79.7 cm³/mol. The van der Waals surface area contributed by atoms with Crippen LogP contribution in [0.4, 0.5) is 4.79 Å². The van der Waals surface area contributed by atoms with E-state index in [1.54, 1.807) is 17.0 Å². The van der Waals surface area contributed by atoms with Crippen molar-refractivity contribution in [2.24, 2.45) is 0 Å². The summed E-state index contributed by atoms with van der Waals surface area (Å²) in [5.74, 6) is 0. The molecule has 0 aliphatic heterocycles. The molecule has 0 saturated heterocycles. The molecule has 1 aromatic rings. The van der Waals surface area contributed by atoms with Crippen LogP contribution in [0.2, 0.25) is 5.02 Å². The lowest BCUT2D eigenvalue weighted by Gasteiger charge is -2.26. The lowest BCUT2D eigenvalue weighted by molar-refractivity contribution is 0.0244. The number of aliphatic hydroxyl groups is 1. The molecule has 0 fully saturated rings. The smallest absolute Gasteiger partial charge is 0.410 e. The van der Waals surface area contributed by atoms with Crippen LogP contribution in [0.1, 0.15) is 38.8 Å². The molecule has 0 bridgehead atoms. The Balaban J connectivity index is 2.80. The molecule has 0 spiro atoms. The Labute approximate surface area is 125 Å². The van der Waals surface area contributed by atoms with Gasteiger partial charge in [0.05, 0.1) is 6.61 Å². The maximum absolute atomic E-state index is 12.0. The fourth-order valence-corrected chi connectivity index (χ4v) is 1.88. The quantitative estimate of drug-likeness (QED) is 0.924. The van der Waals surface area contributed by atoms with E-state index in [-0.39, 0.29) is 12.7 Å².